The van der Waals surface area contributed by atoms with Crippen molar-refractivity contribution in [3.63, 3.8) is 0 Å². The molecule has 1 N–H and O–H groups in total. The molecular formula is C13H18NO3+. The minimum Gasteiger partial charge on any atom is -0.481 e. The Morgan fingerprint density at radius 1 is 1.41 bits per heavy atom. The molecule has 0 aliphatic carbocycles. The summed E-state index contributed by atoms with van der Waals surface area (Å²) in [6, 6.07) is 5.70. The van der Waals surface area contributed by atoms with Gasteiger partial charge in [0, 0.05) is 18.1 Å². The monoisotopic (exact) mass is 236 g/mol. The maximum atomic E-state index is 11.3. The second-order valence-electron chi connectivity index (χ2n) is 5.54. The van der Waals surface area contributed by atoms with E-state index in [1.165, 1.54) is 0 Å². The molecule has 1 amide bonds. The summed E-state index contributed by atoms with van der Waals surface area (Å²) < 4.78 is 5.66. The zero-order valence-electron chi connectivity index (χ0n) is 10.7. The average Bonchev–Trinajstić information content (AvgIpc) is 2.50. The van der Waals surface area contributed by atoms with Gasteiger partial charge in [0.15, 0.2) is 11.4 Å². The lowest BCUT2D eigenvalue weighted by Gasteiger charge is -2.25. The highest BCUT2D eigenvalue weighted by Crippen LogP contribution is 2.43. The van der Waals surface area contributed by atoms with Gasteiger partial charge in [-0.05, 0) is 13.8 Å². The summed E-state index contributed by atoms with van der Waals surface area (Å²) in [7, 11) is 3.29. The SMILES string of the molecule is CC1(C)Cc2cccc([N+](C)(C)C(=O)O)c2O1. The van der Waals surface area contributed by atoms with Gasteiger partial charge in [0.2, 0.25) is 0 Å². The van der Waals surface area contributed by atoms with Gasteiger partial charge in [0.05, 0.1) is 14.1 Å². The van der Waals surface area contributed by atoms with Crippen LogP contribution in [0.15, 0.2) is 18.2 Å². The topological polar surface area (TPSA) is 46.5 Å². The second-order valence-corrected chi connectivity index (χ2v) is 5.54. The van der Waals surface area contributed by atoms with Crippen LogP contribution in [0, 0.1) is 0 Å². The molecule has 0 saturated carbocycles. The molecule has 1 aliphatic heterocycles. The molecule has 0 unspecified atom stereocenters. The Hall–Kier alpha value is -1.55. The van der Waals surface area contributed by atoms with Gasteiger partial charge < -0.3 is 9.84 Å². The fourth-order valence-electron chi connectivity index (χ4n) is 2.14. The van der Waals surface area contributed by atoms with Gasteiger partial charge in [-0.25, -0.2) is 0 Å². The molecule has 92 valence electrons. The number of rotatable bonds is 1. The number of amides is 1. The lowest BCUT2D eigenvalue weighted by Crippen LogP contribution is -2.45. The van der Waals surface area contributed by atoms with Gasteiger partial charge in [-0.2, -0.15) is 9.28 Å². The van der Waals surface area contributed by atoms with Crippen molar-refractivity contribution in [2.75, 3.05) is 14.1 Å². The fourth-order valence-corrected chi connectivity index (χ4v) is 2.14. The van der Waals surface area contributed by atoms with Crippen LogP contribution in [0.4, 0.5) is 10.5 Å². The summed E-state index contributed by atoms with van der Waals surface area (Å²) in [5.74, 6) is 0.727. The molecule has 0 atom stereocenters. The summed E-state index contributed by atoms with van der Waals surface area (Å²) in [6.07, 6.45) is -0.0813. The van der Waals surface area contributed by atoms with E-state index in [4.69, 9.17) is 4.74 Å². The highest BCUT2D eigenvalue weighted by Gasteiger charge is 2.39. The number of para-hydroxylation sites is 1. The molecule has 1 aromatic rings. The highest BCUT2D eigenvalue weighted by molar-refractivity contribution is 5.82. The summed E-state index contributed by atoms with van der Waals surface area (Å²) in [5, 5.41) is 9.27. The maximum absolute atomic E-state index is 11.3. The molecule has 1 aromatic carbocycles. The van der Waals surface area contributed by atoms with E-state index in [1.807, 2.05) is 32.0 Å². The number of fused-ring (bicyclic) bond motifs is 1. The number of hydrogen-bond donors (Lipinski definition) is 1. The first-order valence-corrected chi connectivity index (χ1v) is 5.63. The lowest BCUT2D eigenvalue weighted by molar-refractivity contribution is 0.133. The van der Waals surface area contributed by atoms with Crippen LogP contribution in [0.25, 0.3) is 0 Å². The molecule has 4 nitrogen and oxygen atoms in total. The Balaban J connectivity index is 2.54. The average molecular weight is 236 g/mol. The number of quaternary nitrogens is 1. The van der Waals surface area contributed by atoms with Crippen molar-refractivity contribution in [3.8, 4) is 5.75 Å². The molecule has 0 bridgehead atoms. The lowest BCUT2D eigenvalue weighted by atomic mass is 10.0. The van der Waals surface area contributed by atoms with Crippen LogP contribution in [0.3, 0.4) is 0 Å². The number of carboxylic acid groups (broad SMARTS) is 1. The van der Waals surface area contributed by atoms with Crippen molar-refractivity contribution in [3.05, 3.63) is 23.8 Å². The number of carbonyl (C=O) groups is 1. The second kappa shape index (κ2) is 3.47. The first kappa shape index (κ1) is 11.9. The zero-order chi connectivity index (χ0) is 12.8. The van der Waals surface area contributed by atoms with Crippen molar-refractivity contribution in [2.45, 2.75) is 25.9 Å². The number of hydrogen-bond acceptors (Lipinski definition) is 2. The normalized spacial score (nSPS) is 17.4. The fraction of sp³-hybridized carbons (Fsp3) is 0.462. The molecule has 4 heteroatoms. The molecule has 17 heavy (non-hydrogen) atoms. The molecular weight excluding hydrogens is 218 g/mol. The minimum atomic E-state index is -0.897. The van der Waals surface area contributed by atoms with Gasteiger partial charge in [-0.1, -0.05) is 12.1 Å². The smallest absolute Gasteiger partial charge is 0.481 e. The van der Waals surface area contributed by atoms with Crippen LogP contribution in [-0.2, 0) is 6.42 Å². The summed E-state index contributed by atoms with van der Waals surface area (Å²) in [6.45, 7) is 4.02. The van der Waals surface area contributed by atoms with Gasteiger partial charge in [0.25, 0.3) is 0 Å². The standard InChI is InChI=1S/C13H17NO3/c1-13(2)8-9-6-5-7-10(11(9)17-13)14(3,4)12(15)16/h5-7H,8H2,1-4H3/p+1. The Morgan fingerprint density at radius 3 is 2.65 bits per heavy atom. The summed E-state index contributed by atoms with van der Waals surface area (Å²) in [5.41, 5.74) is 1.53. The van der Waals surface area contributed by atoms with Crippen LogP contribution in [0.2, 0.25) is 0 Å². The molecule has 0 spiro atoms. The zero-order valence-corrected chi connectivity index (χ0v) is 10.7. The number of ether oxygens (including phenoxy) is 1. The molecule has 1 heterocycles. The molecule has 2 rings (SSSR count). The van der Waals surface area contributed by atoms with Crippen molar-refractivity contribution in [1.29, 1.82) is 0 Å². The Morgan fingerprint density at radius 2 is 2.06 bits per heavy atom. The molecule has 1 aliphatic rings. The van der Waals surface area contributed by atoms with Crippen LogP contribution in [-0.4, -0.2) is 30.9 Å². The van der Waals surface area contributed by atoms with Gasteiger partial charge in [0.1, 0.15) is 5.60 Å². The first-order chi connectivity index (χ1) is 7.74. The third-order valence-corrected chi connectivity index (χ3v) is 3.15. The Labute approximate surface area is 101 Å². The molecule has 0 saturated heterocycles. The summed E-state index contributed by atoms with van der Waals surface area (Å²) in [4.78, 5) is 11.3. The molecule has 0 radical (unpaired) electrons. The third-order valence-electron chi connectivity index (χ3n) is 3.15. The predicted octanol–water partition coefficient (Wildman–Crippen LogP) is 2.65. The van der Waals surface area contributed by atoms with Crippen molar-refractivity contribution in [1.82, 2.24) is 4.48 Å². The van der Waals surface area contributed by atoms with E-state index < -0.39 is 6.09 Å². The van der Waals surface area contributed by atoms with E-state index in [-0.39, 0.29) is 10.1 Å². The van der Waals surface area contributed by atoms with Gasteiger partial charge in [-0.3, -0.25) is 0 Å². The van der Waals surface area contributed by atoms with Gasteiger partial charge in [-0.15, -0.1) is 0 Å². The Bertz CT molecular complexity index is 478. The van der Waals surface area contributed by atoms with E-state index in [0.29, 0.717) is 5.69 Å². The first-order valence-electron chi connectivity index (χ1n) is 5.63. The van der Waals surface area contributed by atoms with E-state index in [0.717, 1.165) is 17.7 Å². The quantitative estimate of drug-likeness (QED) is 0.762. The molecule has 0 aromatic heterocycles. The van der Waals surface area contributed by atoms with Crippen molar-refractivity contribution < 1.29 is 14.6 Å². The highest BCUT2D eigenvalue weighted by atomic mass is 16.5. The van der Waals surface area contributed by atoms with E-state index in [1.54, 1.807) is 14.1 Å². The van der Waals surface area contributed by atoms with Crippen LogP contribution in [0.5, 0.6) is 5.75 Å². The number of benzene rings is 1. The third kappa shape index (κ3) is 1.89. The van der Waals surface area contributed by atoms with Crippen LogP contribution in [0.1, 0.15) is 19.4 Å². The predicted molar refractivity (Wildman–Crippen MR) is 66.5 cm³/mol. The van der Waals surface area contributed by atoms with E-state index in [9.17, 15) is 9.90 Å². The summed E-state index contributed by atoms with van der Waals surface area (Å²) >= 11 is 0. The van der Waals surface area contributed by atoms with Crippen molar-refractivity contribution in [2.24, 2.45) is 0 Å². The number of nitrogens with zero attached hydrogens (tertiary/aromatic N) is 1. The van der Waals surface area contributed by atoms with E-state index >= 15 is 0 Å². The Kier molecular flexibility index (Phi) is 2.43. The van der Waals surface area contributed by atoms with Gasteiger partial charge >= 0.3 is 6.09 Å². The minimum absolute atomic E-state index is 0.223. The largest absolute Gasteiger partial charge is 0.518 e. The maximum Gasteiger partial charge on any atom is 0.518 e. The van der Waals surface area contributed by atoms with Crippen molar-refractivity contribution >= 4 is 11.8 Å². The molecule has 0 fully saturated rings. The van der Waals surface area contributed by atoms with E-state index in [2.05, 4.69) is 0 Å². The van der Waals surface area contributed by atoms with Crippen LogP contribution < -0.4 is 9.22 Å². The van der Waals surface area contributed by atoms with Crippen LogP contribution >= 0.6 is 0 Å².